The van der Waals surface area contributed by atoms with E-state index in [1.807, 2.05) is 0 Å². The first-order valence-corrected chi connectivity index (χ1v) is 8.38. The lowest BCUT2D eigenvalue weighted by molar-refractivity contribution is -0.124. The van der Waals surface area contributed by atoms with Gasteiger partial charge in [-0.25, -0.2) is 0 Å². The molecule has 0 aromatic carbocycles. The number of fused-ring (bicyclic) bond motifs is 1. The van der Waals surface area contributed by atoms with Crippen molar-refractivity contribution < 1.29 is 19.1 Å². The van der Waals surface area contributed by atoms with Gasteiger partial charge in [-0.2, -0.15) is 0 Å². The summed E-state index contributed by atoms with van der Waals surface area (Å²) in [6, 6.07) is 0. The van der Waals surface area contributed by atoms with Gasteiger partial charge in [0.1, 0.15) is 0 Å². The van der Waals surface area contributed by atoms with E-state index in [0.717, 1.165) is 19.3 Å². The van der Waals surface area contributed by atoms with Crippen LogP contribution in [0.25, 0.3) is 0 Å². The molecule has 5 heteroatoms. The van der Waals surface area contributed by atoms with Crippen molar-refractivity contribution in [1.82, 2.24) is 5.32 Å². The van der Waals surface area contributed by atoms with E-state index in [-0.39, 0.29) is 23.2 Å². The molecule has 2 aliphatic rings. The van der Waals surface area contributed by atoms with Crippen molar-refractivity contribution in [3.05, 3.63) is 11.8 Å². The van der Waals surface area contributed by atoms with Gasteiger partial charge in [0, 0.05) is 12.5 Å². The fourth-order valence-electron chi connectivity index (χ4n) is 2.71. The molecule has 1 saturated heterocycles. The lowest BCUT2D eigenvalue weighted by Gasteiger charge is -2.10. The topological polar surface area (TPSA) is 75.8 Å². The van der Waals surface area contributed by atoms with E-state index >= 15 is 0 Å². The van der Waals surface area contributed by atoms with Crippen molar-refractivity contribution >= 4 is 17.5 Å². The molecule has 2 atom stereocenters. The van der Waals surface area contributed by atoms with E-state index in [1.165, 1.54) is 38.2 Å². The molecule has 2 rings (SSSR count). The number of hydrogen-bond acceptors (Lipinski definition) is 4. The number of nitrogens with one attached hydrogen (secondary N) is 1. The molecule has 0 aromatic rings. The predicted molar refractivity (Wildman–Crippen MR) is 82.1 cm³/mol. The summed E-state index contributed by atoms with van der Waals surface area (Å²) in [4.78, 5) is 35.1. The van der Waals surface area contributed by atoms with E-state index in [1.54, 1.807) is 0 Å². The van der Waals surface area contributed by atoms with Crippen LogP contribution in [0.3, 0.4) is 0 Å². The molecular formula is C17H25NO4. The minimum atomic E-state index is -0.657. The molecule has 1 aliphatic carbocycles. The Balaban J connectivity index is 1.56. The lowest BCUT2D eigenvalue weighted by atomic mass is 10.0. The second kappa shape index (κ2) is 8.22. The summed E-state index contributed by atoms with van der Waals surface area (Å²) in [7, 11) is 0. The van der Waals surface area contributed by atoms with Gasteiger partial charge < -0.3 is 10.1 Å². The van der Waals surface area contributed by atoms with Crippen LogP contribution in [0.4, 0.5) is 0 Å². The van der Waals surface area contributed by atoms with E-state index in [2.05, 4.69) is 12.2 Å². The summed E-state index contributed by atoms with van der Waals surface area (Å²) in [6.07, 6.45) is 9.67. The average molecular weight is 307 g/mol. The Kier molecular flexibility index (Phi) is 6.31. The molecule has 0 spiro atoms. The van der Waals surface area contributed by atoms with Gasteiger partial charge in [-0.3, -0.25) is 14.4 Å². The largest absolute Gasteiger partial charge is 0.352 e. The van der Waals surface area contributed by atoms with Crippen molar-refractivity contribution in [3.63, 3.8) is 0 Å². The second-order valence-corrected chi connectivity index (χ2v) is 6.07. The average Bonchev–Trinajstić information content (AvgIpc) is 3.28. The summed E-state index contributed by atoms with van der Waals surface area (Å²) in [5, 5.41) is 2.55. The van der Waals surface area contributed by atoms with Gasteiger partial charge in [-0.05, 0) is 6.42 Å². The quantitative estimate of drug-likeness (QED) is 0.497. The summed E-state index contributed by atoms with van der Waals surface area (Å²) < 4.78 is 4.97. The van der Waals surface area contributed by atoms with Crippen molar-refractivity contribution in [3.8, 4) is 0 Å². The Morgan fingerprint density at radius 3 is 2.36 bits per heavy atom. The van der Waals surface area contributed by atoms with Crippen molar-refractivity contribution in [2.45, 2.75) is 76.9 Å². The first-order valence-electron chi connectivity index (χ1n) is 8.38. The Morgan fingerprint density at radius 2 is 1.68 bits per heavy atom. The normalized spacial score (nSPS) is 23.0. The minimum absolute atomic E-state index is 0.0910. The molecule has 0 saturated carbocycles. The molecule has 2 unspecified atom stereocenters. The summed E-state index contributed by atoms with van der Waals surface area (Å²) in [5.74, 6) is -0.710. The Bertz CT molecular complexity index is 469. The van der Waals surface area contributed by atoms with Crippen LogP contribution in [-0.2, 0) is 19.1 Å². The molecular weight excluding hydrogens is 282 g/mol. The third-order valence-electron chi connectivity index (χ3n) is 4.11. The number of ketones is 2. The van der Waals surface area contributed by atoms with Gasteiger partial charge in [-0.15, -0.1) is 0 Å². The number of rotatable bonds is 10. The fourth-order valence-corrected chi connectivity index (χ4v) is 2.71. The molecule has 0 aromatic heterocycles. The number of unbranched alkanes of at least 4 members (excludes halogenated alkanes) is 7. The Hall–Kier alpha value is -1.49. The third-order valence-corrected chi connectivity index (χ3v) is 4.11. The summed E-state index contributed by atoms with van der Waals surface area (Å²) in [6.45, 7) is 2.20. The molecule has 0 bridgehead atoms. The highest BCUT2D eigenvalue weighted by atomic mass is 16.6. The standard InChI is InChI=1S/C17H25NO4/c1-2-3-4-5-6-7-8-9-10-14(20)18-12-11-13(19)16-17(22-16)15(12)21/h11,16-17H,2-10H2,1H3,(H,18,20). The summed E-state index contributed by atoms with van der Waals surface area (Å²) in [5.41, 5.74) is 0.0910. The first kappa shape index (κ1) is 16.9. The number of carbonyl (C=O) groups is 3. The van der Waals surface area contributed by atoms with Crippen molar-refractivity contribution in [2.24, 2.45) is 0 Å². The van der Waals surface area contributed by atoms with Gasteiger partial charge in [0.15, 0.2) is 18.0 Å². The zero-order chi connectivity index (χ0) is 15.9. The first-order chi connectivity index (χ1) is 10.6. The van der Waals surface area contributed by atoms with Crippen LogP contribution in [0.2, 0.25) is 0 Å². The van der Waals surface area contributed by atoms with E-state index in [0.29, 0.717) is 6.42 Å². The minimum Gasteiger partial charge on any atom is -0.352 e. The smallest absolute Gasteiger partial charge is 0.224 e. The SMILES string of the molecule is CCCCCCCCCCC(=O)NC1=CC(=O)C2OC2C1=O. The van der Waals surface area contributed by atoms with Crippen molar-refractivity contribution in [2.75, 3.05) is 0 Å². The Labute approximate surface area is 131 Å². The van der Waals surface area contributed by atoms with E-state index < -0.39 is 12.2 Å². The molecule has 122 valence electrons. The van der Waals surface area contributed by atoms with E-state index in [9.17, 15) is 14.4 Å². The van der Waals surface area contributed by atoms with Crippen LogP contribution in [0.1, 0.15) is 64.7 Å². The molecule has 22 heavy (non-hydrogen) atoms. The van der Waals surface area contributed by atoms with Gasteiger partial charge in [0.05, 0.1) is 5.70 Å². The highest BCUT2D eigenvalue weighted by molar-refractivity contribution is 6.16. The van der Waals surface area contributed by atoms with Crippen LogP contribution in [0, 0.1) is 0 Å². The van der Waals surface area contributed by atoms with Crippen LogP contribution in [0.5, 0.6) is 0 Å². The van der Waals surface area contributed by atoms with Gasteiger partial charge in [-0.1, -0.05) is 51.9 Å². The predicted octanol–water partition coefficient (Wildman–Crippen LogP) is 2.44. The fraction of sp³-hybridized carbons (Fsp3) is 0.706. The van der Waals surface area contributed by atoms with Crippen LogP contribution >= 0.6 is 0 Å². The lowest BCUT2D eigenvalue weighted by Crippen LogP contribution is -2.34. The number of amides is 1. The van der Waals surface area contributed by atoms with Gasteiger partial charge in [0.25, 0.3) is 0 Å². The molecule has 5 nitrogen and oxygen atoms in total. The molecule has 0 radical (unpaired) electrons. The van der Waals surface area contributed by atoms with E-state index in [4.69, 9.17) is 4.74 Å². The highest BCUT2D eigenvalue weighted by Crippen LogP contribution is 2.30. The molecule has 1 fully saturated rings. The van der Waals surface area contributed by atoms with Crippen LogP contribution in [-0.4, -0.2) is 29.7 Å². The number of Topliss-reactive ketones (excluding diaryl/α,β-unsaturated/α-hetero) is 1. The zero-order valence-electron chi connectivity index (χ0n) is 13.2. The monoisotopic (exact) mass is 307 g/mol. The number of carbonyl (C=O) groups excluding carboxylic acids is 3. The highest BCUT2D eigenvalue weighted by Gasteiger charge is 2.53. The number of ether oxygens (including phenoxy) is 1. The number of epoxide rings is 1. The molecule has 1 heterocycles. The Morgan fingerprint density at radius 1 is 1.05 bits per heavy atom. The zero-order valence-corrected chi connectivity index (χ0v) is 13.2. The molecule has 1 N–H and O–H groups in total. The second-order valence-electron chi connectivity index (χ2n) is 6.07. The van der Waals surface area contributed by atoms with Gasteiger partial charge in [0.2, 0.25) is 11.7 Å². The van der Waals surface area contributed by atoms with Crippen LogP contribution in [0.15, 0.2) is 11.8 Å². The molecule has 1 aliphatic heterocycles. The summed E-state index contributed by atoms with van der Waals surface area (Å²) >= 11 is 0. The maximum Gasteiger partial charge on any atom is 0.224 e. The molecule has 1 amide bonds. The maximum atomic E-state index is 11.8. The third kappa shape index (κ3) is 4.77. The van der Waals surface area contributed by atoms with Crippen molar-refractivity contribution in [1.29, 1.82) is 0 Å². The maximum absolute atomic E-state index is 11.8. The van der Waals surface area contributed by atoms with Crippen LogP contribution < -0.4 is 5.32 Å². The number of hydrogen-bond donors (Lipinski definition) is 1. The van der Waals surface area contributed by atoms with Gasteiger partial charge >= 0.3 is 0 Å².